The molecule has 0 amide bonds. The van der Waals surface area contributed by atoms with E-state index in [0.717, 1.165) is 30.4 Å². The van der Waals surface area contributed by atoms with Crippen LogP contribution >= 0.6 is 0 Å². The minimum atomic E-state index is -0.463. The monoisotopic (exact) mass is 301 g/mol. The number of rotatable bonds is 3. The summed E-state index contributed by atoms with van der Waals surface area (Å²) in [5.41, 5.74) is 2.77. The molecule has 1 unspecified atom stereocenters. The van der Waals surface area contributed by atoms with Gasteiger partial charge in [-0.2, -0.15) is 0 Å². The molecule has 6 heteroatoms. The van der Waals surface area contributed by atoms with Gasteiger partial charge in [-0.25, -0.2) is 9.37 Å². The van der Waals surface area contributed by atoms with Crippen LogP contribution in [-0.2, 0) is 6.42 Å². The summed E-state index contributed by atoms with van der Waals surface area (Å²) in [4.78, 5) is 14.4. The lowest BCUT2D eigenvalue weighted by Gasteiger charge is -2.27. The number of pyridine rings is 1. The van der Waals surface area contributed by atoms with Crippen molar-refractivity contribution in [2.75, 3.05) is 5.32 Å². The zero-order valence-corrected chi connectivity index (χ0v) is 12.2. The third kappa shape index (κ3) is 2.77. The molecule has 0 fully saturated rings. The quantitative estimate of drug-likeness (QED) is 0.689. The predicted octanol–water partition coefficient (Wildman–Crippen LogP) is 3.93. The van der Waals surface area contributed by atoms with Crippen molar-refractivity contribution in [2.45, 2.75) is 32.2 Å². The van der Waals surface area contributed by atoms with Crippen molar-refractivity contribution in [1.29, 1.82) is 0 Å². The lowest BCUT2D eigenvalue weighted by molar-refractivity contribution is -0.385. The minimum absolute atomic E-state index is 0.0212. The number of aromatic nitrogens is 1. The lowest BCUT2D eigenvalue weighted by atomic mass is 9.87. The Bertz CT molecular complexity index is 733. The molecular weight excluding hydrogens is 285 g/mol. The van der Waals surface area contributed by atoms with Crippen LogP contribution in [-0.4, -0.2) is 9.91 Å². The second-order valence-electron chi connectivity index (χ2n) is 5.55. The zero-order chi connectivity index (χ0) is 15.7. The van der Waals surface area contributed by atoms with Gasteiger partial charge < -0.3 is 5.32 Å². The Labute approximate surface area is 127 Å². The number of halogens is 1. The Morgan fingerprint density at radius 3 is 2.95 bits per heavy atom. The van der Waals surface area contributed by atoms with Gasteiger partial charge in [0.15, 0.2) is 0 Å². The first-order chi connectivity index (χ1) is 10.5. The summed E-state index contributed by atoms with van der Waals surface area (Å²) in [5, 5.41) is 14.1. The van der Waals surface area contributed by atoms with Crippen molar-refractivity contribution in [1.82, 2.24) is 4.98 Å². The number of hydrogen-bond donors (Lipinski definition) is 1. The van der Waals surface area contributed by atoms with Gasteiger partial charge in [0.05, 0.1) is 11.0 Å². The highest BCUT2D eigenvalue weighted by atomic mass is 19.1. The molecule has 0 spiro atoms. The molecule has 1 aromatic carbocycles. The van der Waals surface area contributed by atoms with E-state index < -0.39 is 4.92 Å². The highest BCUT2D eigenvalue weighted by molar-refractivity contribution is 5.50. The van der Waals surface area contributed by atoms with E-state index in [0.29, 0.717) is 11.4 Å². The smallest absolute Gasteiger partial charge is 0.287 e. The molecule has 0 aliphatic heterocycles. The number of aryl methyl sites for hydroxylation is 2. The van der Waals surface area contributed by atoms with Crippen LogP contribution in [0.1, 0.15) is 35.6 Å². The second-order valence-corrected chi connectivity index (χ2v) is 5.55. The summed E-state index contributed by atoms with van der Waals surface area (Å²) < 4.78 is 13.5. The molecule has 0 radical (unpaired) electrons. The molecule has 1 aliphatic carbocycles. The number of nitro groups is 1. The average Bonchev–Trinajstić information content (AvgIpc) is 2.49. The van der Waals surface area contributed by atoms with Crippen molar-refractivity contribution >= 4 is 11.5 Å². The molecule has 3 rings (SSSR count). The second kappa shape index (κ2) is 5.71. The Balaban J connectivity index is 1.89. The molecular formula is C16H16FN3O2. The van der Waals surface area contributed by atoms with Crippen LogP contribution in [0.2, 0.25) is 0 Å². The maximum absolute atomic E-state index is 13.5. The summed E-state index contributed by atoms with van der Waals surface area (Å²) >= 11 is 0. The predicted molar refractivity (Wildman–Crippen MR) is 81.3 cm³/mol. The van der Waals surface area contributed by atoms with Gasteiger partial charge in [0.2, 0.25) is 0 Å². The number of anilines is 1. The van der Waals surface area contributed by atoms with Crippen LogP contribution in [0.5, 0.6) is 0 Å². The zero-order valence-electron chi connectivity index (χ0n) is 12.2. The highest BCUT2D eigenvalue weighted by Crippen LogP contribution is 2.33. The van der Waals surface area contributed by atoms with Crippen molar-refractivity contribution in [2.24, 2.45) is 0 Å². The number of benzene rings is 1. The maximum Gasteiger partial charge on any atom is 0.287 e. The molecule has 114 valence electrons. The first kappa shape index (κ1) is 14.4. The summed E-state index contributed by atoms with van der Waals surface area (Å²) in [6.45, 7) is 1.78. The molecule has 0 bridgehead atoms. The van der Waals surface area contributed by atoms with E-state index in [1.165, 1.54) is 18.3 Å². The van der Waals surface area contributed by atoms with E-state index in [1.807, 2.05) is 6.07 Å². The van der Waals surface area contributed by atoms with Crippen LogP contribution in [0.4, 0.5) is 15.9 Å². The molecule has 1 heterocycles. The summed E-state index contributed by atoms with van der Waals surface area (Å²) in [7, 11) is 0. The topological polar surface area (TPSA) is 68.1 Å². The Morgan fingerprint density at radius 2 is 2.23 bits per heavy atom. The van der Waals surface area contributed by atoms with Crippen molar-refractivity contribution < 1.29 is 9.31 Å². The SMILES string of the molecule is Cc1cc([N+](=O)[O-])cnc1NC1CCCc2ccc(F)cc21. The van der Waals surface area contributed by atoms with Gasteiger partial charge in [0.25, 0.3) is 5.69 Å². The molecule has 1 aliphatic rings. The molecule has 5 nitrogen and oxygen atoms in total. The van der Waals surface area contributed by atoms with Gasteiger partial charge in [-0.3, -0.25) is 10.1 Å². The fourth-order valence-electron chi connectivity index (χ4n) is 2.90. The fraction of sp³-hybridized carbons (Fsp3) is 0.312. The van der Waals surface area contributed by atoms with Crippen LogP contribution in [0.15, 0.2) is 30.5 Å². The molecule has 1 atom stereocenters. The number of fused-ring (bicyclic) bond motifs is 1. The van der Waals surface area contributed by atoms with Gasteiger partial charge in [-0.1, -0.05) is 6.07 Å². The van der Waals surface area contributed by atoms with Crippen molar-refractivity contribution in [3.05, 3.63) is 63.1 Å². The van der Waals surface area contributed by atoms with Crippen LogP contribution in [0.25, 0.3) is 0 Å². The van der Waals surface area contributed by atoms with Crippen LogP contribution < -0.4 is 5.32 Å². The van der Waals surface area contributed by atoms with Gasteiger partial charge in [-0.15, -0.1) is 0 Å². The number of nitrogens with one attached hydrogen (secondary N) is 1. The highest BCUT2D eigenvalue weighted by Gasteiger charge is 2.22. The molecule has 0 saturated carbocycles. The lowest BCUT2D eigenvalue weighted by Crippen LogP contribution is -2.18. The molecule has 1 N–H and O–H groups in total. The van der Waals surface area contributed by atoms with E-state index in [1.54, 1.807) is 13.0 Å². The minimum Gasteiger partial charge on any atom is -0.363 e. The number of hydrogen-bond acceptors (Lipinski definition) is 4. The standard InChI is InChI=1S/C16H16FN3O2/c1-10-7-13(20(21)22)9-18-16(10)19-15-4-2-3-11-5-6-12(17)8-14(11)15/h5-9,15H,2-4H2,1H3,(H,18,19). The Hall–Kier alpha value is -2.50. The van der Waals surface area contributed by atoms with Crippen molar-refractivity contribution in [3.8, 4) is 0 Å². The number of nitrogens with zero attached hydrogens (tertiary/aromatic N) is 2. The summed E-state index contributed by atoms with van der Waals surface area (Å²) in [6, 6.07) is 6.34. The van der Waals surface area contributed by atoms with Crippen molar-refractivity contribution in [3.63, 3.8) is 0 Å². The first-order valence-electron chi connectivity index (χ1n) is 7.20. The van der Waals surface area contributed by atoms with Gasteiger partial charge in [0.1, 0.15) is 17.8 Å². The Morgan fingerprint density at radius 1 is 1.41 bits per heavy atom. The summed E-state index contributed by atoms with van der Waals surface area (Å²) in [5.74, 6) is 0.355. The van der Waals surface area contributed by atoms with Crippen LogP contribution in [0.3, 0.4) is 0 Å². The first-order valence-corrected chi connectivity index (χ1v) is 7.20. The van der Waals surface area contributed by atoms with Gasteiger partial charge in [0, 0.05) is 6.07 Å². The Kier molecular flexibility index (Phi) is 3.75. The largest absolute Gasteiger partial charge is 0.363 e. The molecule has 1 aromatic heterocycles. The van der Waals surface area contributed by atoms with Gasteiger partial charge >= 0.3 is 0 Å². The molecule has 22 heavy (non-hydrogen) atoms. The van der Waals surface area contributed by atoms with E-state index in [2.05, 4.69) is 10.3 Å². The third-order valence-corrected chi connectivity index (χ3v) is 4.01. The van der Waals surface area contributed by atoms with E-state index in [4.69, 9.17) is 0 Å². The maximum atomic E-state index is 13.5. The summed E-state index contributed by atoms with van der Waals surface area (Å²) in [6.07, 6.45) is 4.09. The van der Waals surface area contributed by atoms with Gasteiger partial charge in [-0.05, 0) is 55.0 Å². The third-order valence-electron chi connectivity index (χ3n) is 4.01. The van der Waals surface area contributed by atoms with E-state index in [-0.39, 0.29) is 17.5 Å². The van der Waals surface area contributed by atoms with E-state index >= 15 is 0 Å². The van der Waals surface area contributed by atoms with E-state index in [9.17, 15) is 14.5 Å². The average molecular weight is 301 g/mol. The molecule has 0 saturated heterocycles. The fourth-order valence-corrected chi connectivity index (χ4v) is 2.90. The normalized spacial score (nSPS) is 16.9. The molecule has 2 aromatic rings. The van der Waals surface area contributed by atoms with Crippen LogP contribution in [0, 0.1) is 22.9 Å².